The van der Waals surface area contributed by atoms with Crippen LogP contribution in [-0.2, 0) is 4.79 Å². The van der Waals surface area contributed by atoms with Gasteiger partial charge in [0.2, 0.25) is 0 Å². The van der Waals surface area contributed by atoms with Gasteiger partial charge in [0.15, 0.2) is 11.6 Å². The van der Waals surface area contributed by atoms with Crippen molar-refractivity contribution in [2.24, 2.45) is 5.41 Å². The van der Waals surface area contributed by atoms with Gasteiger partial charge in [-0.25, -0.2) is 0 Å². The van der Waals surface area contributed by atoms with Crippen molar-refractivity contribution in [1.82, 2.24) is 5.32 Å². The van der Waals surface area contributed by atoms with E-state index in [-0.39, 0.29) is 28.7 Å². The van der Waals surface area contributed by atoms with E-state index in [1.54, 1.807) is 11.3 Å². The van der Waals surface area contributed by atoms with Crippen molar-refractivity contribution in [1.29, 1.82) is 5.26 Å². The molecule has 0 bridgehead atoms. The Balaban J connectivity index is 1.63. The van der Waals surface area contributed by atoms with E-state index in [1.807, 2.05) is 41.8 Å². The van der Waals surface area contributed by atoms with E-state index in [0.29, 0.717) is 34.1 Å². The summed E-state index contributed by atoms with van der Waals surface area (Å²) in [6.07, 6.45) is 1.21. The minimum Gasteiger partial charge on any atom is -0.352 e. The molecule has 2 heterocycles. The average Bonchev–Trinajstić information content (AvgIpc) is 3.30. The number of dihydropyridines is 1. The van der Waals surface area contributed by atoms with Gasteiger partial charge in [-0.2, -0.15) is 5.26 Å². The molecule has 6 heteroatoms. The number of Topliss-reactive ketones (excluding diaryl/α,β-unsaturated/α-hetero) is 2. The van der Waals surface area contributed by atoms with Crippen LogP contribution in [0, 0.1) is 16.7 Å². The first-order valence-electron chi connectivity index (χ1n) is 11.2. The third-order valence-corrected chi connectivity index (χ3v) is 8.16. The molecule has 33 heavy (non-hydrogen) atoms. The van der Waals surface area contributed by atoms with Crippen molar-refractivity contribution in [2.75, 3.05) is 5.75 Å². The maximum atomic E-state index is 13.2. The monoisotopic (exact) mass is 476 g/mol. The summed E-state index contributed by atoms with van der Waals surface area (Å²) >= 11 is 2.91. The summed E-state index contributed by atoms with van der Waals surface area (Å²) < 4.78 is 0. The number of allylic oxidation sites excluding steroid dienone is 3. The number of thioether (sulfide) groups is 1. The van der Waals surface area contributed by atoms with Gasteiger partial charge >= 0.3 is 0 Å². The SMILES string of the molecule is CC(C)c1ccc(C(=O)CSC2=C(C#N)[C@H](c3cccs3)C3=C(CC(C)(C)CC3=O)N2)cc1. The maximum Gasteiger partial charge on any atom is 0.173 e. The summed E-state index contributed by atoms with van der Waals surface area (Å²) in [4.78, 5) is 27.0. The second kappa shape index (κ2) is 9.32. The Morgan fingerprint density at radius 2 is 1.97 bits per heavy atom. The largest absolute Gasteiger partial charge is 0.352 e. The summed E-state index contributed by atoms with van der Waals surface area (Å²) in [5, 5.41) is 16.2. The molecule has 2 aliphatic rings. The number of hydrogen-bond acceptors (Lipinski definition) is 6. The summed E-state index contributed by atoms with van der Waals surface area (Å²) in [6.45, 7) is 8.44. The lowest BCUT2D eigenvalue weighted by Gasteiger charge is -2.38. The fourth-order valence-electron chi connectivity index (χ4n) is 4.51. The first kappa shape index (κ1) is 23.5. The van der Waals surface area contributed by atoms with Crippen LogP contribution in [0.25, 0.3) is 0 Å². The molecule has 1 atom stereocenters. The number of thiophene rings is 1. The molecule has 0 saturated carbocycles. The number of nitriles is 1. The topological polar surface area (TPSA) is 70.0 Å². The van der Waals surface area contributed by atoms with Crippen molar-refractivity contribution in [3.05, 3.63) is 79.7 Å². The maximum absolute atomic E-state index is 13.2. The molecule has 0 amide bonds. The van der Waals surface area contributed by atoms with Crippen molar-refractivity contribution >= 4 is 34.7 Å². The Hall–Kier alpha value is -2.62. The van der Waals surface area contributed by atoms with Gasteiger partial charge in [0, 0.05) is 28.1 Å². The molecule has 0 saturated heterocycles. The molecule has 0 fully saturated rings. The van der Waals surface area contributed by atoms with E-state index in [2.05, 4.69) is 39.1 Å². The highest BCUT2D eigenvalue weighted by atomic mass is 32.2. The highest BCUT2D eigenvalue weighted by Gasteiger charge is 2.42. The van der Waals surface area contributed by atoms with E-state index in [9.17, 15) is 14.9 Å². The summed E-state index contributed by atoms with van der Waals surface area (Å²) in [5.41, 5.74) is 3.86. The van der Waals surface area contributed by atoms with Crippen molar-refractivity contribution in [3.8, 4) is 6.07 Å². The van der Waals surface area contributed by atoms with Gasteiger partial charge in [0.1, 0.15) is 0 Å². The molecular weight excluding hydrogens is 448 g/mol. The zero-order chi connectivity index (χ0) is 23.8. The molecule has 4 nitrogen and oxygen atoms in total. The van der Waals surface area contributed by atoms with E-state index in [4.69, 9.17) is 0 Å². The zero-order valence-corrected chi connectivity index (χ0v) is 21.0. The van der Waals surface area contributed by atoms with Crippen LogP contribution in [-0.4, -0.2) is 17.3 Å². The Labute approximate surface area is 203 Å². The van der Waals surface area contributed by atoms with Gasteiger partial charge in [0.05, 0.1) is 28.3 Å². The van der Waals surface area contributed by atoms with Crippen LogP contribution in [0.4, 0.5) is 0 Å². The average molecular weight is 477 g/mol. The third-order valence-electron chi connectivity index (χ3n) is 6.20. The van der Waals surface area contributed by atoms with Crippen molar-refractivity contribution in [3.63, 3.8) is 0 Å². The molecule has 170 valence electrons. The van der Waals surface area contributed by atoms with Crippen LogP contribution < -0.4 is 5.32 Å². The lowest BCUT2D eigenvalue weighted by molar-refractivity contribution is -0.118. The van der Waals surface area contributed by atoms with Gasteiger partial charge in [-0.05, 0) is 34.8 Å². The van der Waals surface area contributed by atoms with Crippen LogP contribution in [0.2, 0.25) is 0 Å². The quantitative estimate of drug-likeness (QED) is 0.479. The summed E-state index contributed by atoms with van der Waals surface area (Å²) in [6, 6.07) is 14.0. The molecule has 0 unspecified atom stereocenters. The first-order chi connectivity index (χ1) is 15.7. The van der Waals surface area contributed by atoms with Crippen LogP contribution in [0.1, 0.15) is 73.2 Å². The molecule has 0 radical (unpaired) electrons. The fraction of sp³-hybridized carbons (Fsp3) is 0.370. The number of nitrogens with zero attached hydrogens (tertiary/aromatic N) is 1. The number of hydrogen-bond donors (Lipinski definition) is 1. The molecule has 1 aromatic carbocycles. The standard InChI is InChI=1S/C27H28N2O2S2/c1-16(2)17-7-9-18(10-8-17)22(31)15-33-26-19(14-28)24(23-6-5-11-32-23)25-20(29-26)12-27(3,4)13-21(25)30/h5-11,16,24,29H,12-13,15H2,1-4H3/t24-/m1/s1. The Bertz CT molecular complexity index is 1180. The van der Waals surface area contributed by atoms with Gasteiger partial charge in [0.25, 0.3) is 0 Å². The normalized spacial score (nSPS) is 19.9. The lowest BCUT2D eigenvalue weighted by Crippen LogP contribution is -2.36. The highest BCUT2D eigenvalue weighted by molar-refractivity contribution is 8.03. The predicted molar refractivity (Wildman–Crippen MR) is 135 cm³/mol. The molecule has 0 spiro atoms. The van der Waals surface area contributed by atoms with E-state index >= 15 is 0 Å². The van der Waals surface area contributed by atoms with Gasteiger partial charge in [-0.15, -0.1) is 11.3 Å². The first-order valence-corrected chi connectivity index (χ1v) is 13.0. The lowest BCUT2D eigenvalue weighted by atomic mass is 9.70. The molecule has 1 aliphatic carbocycles. The van der Waals surface area contributed by atoms with Crippen LogP contribution in [0.3, 0.4) is 0 Å². The van der Waals surface area contributed by atoms with Crippen molar-refractivity contribution < 1.29 is 9.59 Å². The smallest absolute Gasteiger partial charge is 0.173 e. The number of nitrogens with one attached hydrogen (secondary N) is 1. The minimum atomic E-state index is -0.363. The number of carbonyl (C=O) groups is 2. The number of benzene rings is 1. The Morgan fingerprint density at radius 3 is 2.58 bits per heavy atom. The molecule has 4 rings (SSSR count). The summed E-state index contributed by atoms with van der Waals surface area (Å²) in [7, 11) is 0. The number of carbonyl (C=O) groups excluding carboxylic acids is 2. The predicted octanol–water partition coefficient (Wildman–Crippen LogP) is 6.55. The second-order valence-electron chi connectivity index (χ2n) is 9.75. The Morgan fingerprint density at radius 1 is 1.24 bits per heavy atom. The zero-order valence-electron chi connectivity index (χ0n) is 19.4. The van der Waals surface area contributed by atoms with Crippen LogP contribution in [0.5, 0.6) is 0 Å². The molecule has 1 aromatic heterocycles. The van der Waals surface area contributed by atoms with Gasteiger partial charge in [-0.3, -0.25) is 9.59 Å². The van der Waals surface area contributed by atoms with Crippen molar-refractivity contribution in [2.45, 2.75) is 52.4 Å². The van der Waals surface area contributed by atoms with E-state index < -0.39 is 0 Å². The van der Waals surface area contributed by atoms with Crippen LogP contribution in [0.15, 0.2) is 63.7 Å². The minimum absolute atomic E-state index is 0.0226. The molecular formula is C27H28N2O2S2. The molecule has 2 aromatic rings. The van der Waals surface area contributed by atoms with E-state index in [1.165, 1.54) is 17.3 Å². The van der Waals surface area contributed by atoms with Crippen LogP contribution >= 0.6 is 23.1 Å². The van der Waals surface area contributed by atoms with Gasteiger partial charge < -0.3 is 5.32 Å². The Kier molecular flexibility index (Phi) is 6.65. The summed E-state index contributed by atoms with van der Waals surface area (Å²) in [5.74, 6) is 0.404. The highest BCUT2D eigenvalue weighted by Crippen LogP contribution is 2.48. The molecule has 1 N–H and O–H groups in total. The van der Waals surface area contributed by atoms with E-state index in [0.717, 1.165) is 17.0 Å². The molecule has 1 aliphatic heterocycles. The fourth-order valence-corrected chi connectivity index (χ4v) is 6.30. The third kappa shape index (κ3) is 4.85. The number of ketones is 2. The number of rotatable bonds is 6. The second-order valence-corrected chi connectivity index (χ2v) is 11.7. The van der Waals surface area contributed by atoms with Gasteiger partial charge in [-0.1, -0.05) is 69.8 Å².